The predicted octanol–water partition coefficient (Wildman–Crippen LogP) is 4.37. The second-order valence-corrected chi connectivity index (χ2v) is 7.06. The van der Waals surface area contributed by atoms with Gasteiger partial charge in [-0.2, -0.15) is 0 Å². The van der Waals surface area contributed by atoms with Crippen molar-refractivity contribution in [1.82, 2.24) is 4.57 Å². The summed E-state index contributed by atoms with van der Waals surface area (Å²) in [7, 11) is 0. The number of hydrogen-bond acceptors (Lipinski definition) is 2. The lowest BCUT2D eigenvalue weighted by Gasteiger charge is -2.08. The topological polar surface area (TPSA) is 51.1 Å². The van der Waals surface area contributed by atoms with Crippen molar-refractivity contribution in [3.63, 3.8) is 0 Å². The van der Waals surface area contributed by atoms with Gasteiger partial charge >= 0.3 is 0 Å². The summed E-state index contributed by atoms with van der Waals surface area (Å²) < 4.78 is 16.1. The van der Waals surface area contributed by atoms with E-state index in [4.69, 9.17) is 0 Å². The average Bonchev–Trinajstić information content (AvgIpc) is 2.64. The van der Waals surface area contributed by atoms with Crippen molar-refractivity contribution in [3.8, 4) is 0 Å². The summed E-state index contributed by atoms with van der Waals surface area (Å²) in [5.74, 6) is -0.498. The van der Waals surface area contributed by atoms with E-state index in [1.807, 2.05) is 18.2 Å². The Morgan fingerprint density at radius 3 is 2.56 bits per heavy atom. The largest absolute Gasteiger partial charge is 0.326 e. The summed E-state index contributed by atoms with van der Waals surface area (Å²) in [6, 6.07) is 17.2. The Morgan fingerprint density at radius 2 is 1.85 bits per heavy atom. The standard InChI is InChI=1S/C21H18BrFN2O2/c22-17-8-6-16(19(23)13-17)7-11-20(26)24-18-9-4-15(5-10-18)14-25-12-2-1-3-21(25)27/h1-6,8-10,12-13H,7,11,14H2,(H,24,26). The van der Waals surface area contributed by atoms with E-state index in [1.165, 1.54) is 12.1 Å². The number of halogens is 2. The van der Waals surface area contributed by atoms with Crippen molar-refractivity contribution < 1.29 is 9.18 Å². The molecule has 2 aromatic carbocycles. The number of rotatable bonds is 6. The van der Waals surface area contributed by atoms with Crippen LogP contribution in [0.4, 0.5) is 10.1 Å². The Balaban J connectivity index is 1.55. The minimum Gasteiger partial charge on any atom is -0.326 e. The fourth-order valence-electron chi connectivity index (χ4n) is 2.68. The molecule has 1 aromatic heterocycles. The lowest BCUT2D eigenvalue weighted by molar-refractivity contribution is -0.116. The molecule has 0 saturated heterocycles. The normalized spacial score (nSPS) is 10.6. The van der Waals surface area contributed by atoms with Gasteiger partial charge in [-0.1, -0.05) is 40.2 Å². The predicted molar refractivity (Wildman–Crippen MR) is 107 cm³/mol. The Bertz CT molecular complexity index is 1000. The quantitative estimate of drug-likeness (QED) is 0.633. The van der Waals surface area contributed by atoms with Crippen LogP contribution in [0.25, 0.3) is 0 Å². The minimum absolute atomic E-state index is 0.0601. The van der Waals surface area contributed by atoms with Crippen LogP contribution in [-0.2, 0) is 17.8 Å². The molecule has 27 heavy (non-hydrogen) atoms. The first-order valence-corrected chi connectivity index (χ1v) is 9.29. The molecule has 0 unspecified atom stereocenters. The molecule has 4 nitrogen and oxygen atoms in total. The lowest BCUT2D eigenvalue weighted by atomic mass is 10.1. The lowest BCUT2D eigenvalue weighted by Crippen LogP contribution is -2.18. The highest BCUT2D eigenvalue weighted by Crippen LogP contribution is 2.17. The van der Waals surface area contributed by atoms with Crippen LogP contribution in [0, 0.1) is 5.82 Å². The van der Waals surface area contributed by atoms with Crippen molar-refractivity contribution in [2.75, 3.05) is 5.32 Å². The molecular weight excluding hydrogens is 411 g/mol. The monoisotopic (exact) mass is 428 g/mol. The highest BCUT2D eigenvalue weighted by atomic mass is 79.9. The highest BCUT2D eigenvalue weighted by Gasteiger charge is 2.07. The van der Waals surface area contributed by atoms with Crippen LogP contribution >= 0.6 is 15.9 Å². The van der Waals surface area contributed by atoms with E-state index in [2.05, 4.69) is 21.2 Å². The highest BCUT2D eigenvalue weighted by molar-refractivity contribution is 9.10. The third kappa shape index (κ3) is 5.37. The Morgan fingerprint density at radius 1 is 1.07 bits per heavy atom. The summed E-state index contributed by atoms with van der Waals surface area (Å²) in [5.41, 5.74) is 2.07. The van der Waals surface area contributed by atoms with E-state index in [0.29, 0.717) is 28.7 Å². The summed E-state index contributed by atoms with van der Waals surface area (Å²) in [6.07, 6.45) is 2.26. The van der Waals surface area contributed by atoms with Gasteiger partial charge in [-0.3, -0.25) is 9.59 Å². The second-order valence-electron chi connectivity index (χ2n) is 6.15. The molecule has 0 saturated carbocycles. The zero-order chi connectivity index (χ0) is 19.2. The fraction of sp³-hybridized carbons (Fsp3) is 0.143. The van der Waals surface area contributed by atoms with Gasteiger partial charge in [-0.15, -0.1) is 0 Å². The van der Waals surface area contributed by atoms with Gasteiger partial charge in [0.15, 0.2) is 0 Å². The van der Waals surface area contributed by atoms with E-state index in [-0.39, 0.29) is 23.7 Å². The third-order valence-electron chi connectivity index (χ3n) is 4.13. The number of aryl methyl sites for hydroxylation is 1. The number of carbonyl (C=O) groups is 1. The Kier molecular flexibility index (Phi) is 6.19. The zero-order valence-corrected chi connectivity index (χ0v) is 16.1. The summed E-state index contributed by atoms with van der Waals surface area (Å²) in [6.45, 7) is 0.469. The molecule has 0 spiro atoms. The maximum absolute atomic E-state index is 13.8. The van der Waals surface area contributed by atoms with E-state index in [1.54, 1.807) is 41.1 Å². The number of anilines is 1. The first kappa shape index (κ1) is 19.0. The molecule has 3 aromatic rings. The maximum Gasteiger partial charge on any atom is 0.250 e. The molecule has 138 valence electrons. The van der Waals surface area contributed by atoms with Crippen molar-refractivity contribution in [2.24, 2.45) is 0 Å². The van der Waals surface area contributed by atoms with Crippen LogP contribution in [0.2, 0.25) is 0 Å². The number of benzene rings is 2. The minimum atomic E-state index is -0.322. The first-order valence-electron chi connectivity index (χ1n) is 8.49. The summed E-state index contributed by atoms with van der Waals surface area (Å²) in [5, 5.41) is 2.81. The molecule has 1 amide bonds. The van der Waals surface area contributed by atoms with Gasteiger partial charge in [0.2, 0.25) is 5.91 Å². The summed E-state index contributed by atoms with van der Waals surface area (Å²) >= 11 is 3.21. The van der Waals surface area contributed by atoms with Crippen LogP contribution in [-0.4, -0.2) is 10.5 Å². The molecule has 0 fully saturated rings. The van der Waals surface area contributed by atoms with Gasteiger partial charge in [0, 0.05) is 28.8 Å². The molecule has 0 bridgehead atoms. The zero-order valence-electron chi connectivity index (χ0n) is 14.5. The number of aromatic nitrogens is 1. The van der Waals surface area contributed by atoms with Crippen LogP contribution in [0.5, 0.6) is 0 Å². The van der Waals surface area contributed by atoms with Crippen LogP contribution in [0.1, 0.15) is 17.5 Å². The van der Waals surface area contributed by atoms with Crippen molar-refractivity contribution >= 4 is 27.5 Å². The fourth-order valence-corrected chi connectivity index (χ4v) is 3.01. The van der Waals surface area contributed by atoms with Crippen molar-refractivity contribution in [1.29, 1.82) is 0 Å². The molecule has 3 rings (SSSR count). The Hall–Kier alpha value is -2.73. The molecule has 1 N–H and O–H groups in total. The van der Waals surface area contributed by atoms with Crippen molar-refractivity contribution in [3.05, 3.63) is 98.6 Å². The van der Waals surface area contributed by atoms with Gasteiger partial charge in [0.25, 0.3) is 5.56 Å². The molecule has 0 aliphatic carbocycles. The maximum atomic E-state index is 13.8. The number of pyridine rings is 1. The number of carbonyl (C=O) groups excluding carboxylic acids is 1. The molecule has 0 aliphatic heterocycles. The van der Waals surface area contributed by atoms with Gasteiger partial charge in [-0.05, 0) is 47.9 Å². The smallest absolute Gasteiger partial charge is 0.250 e. The Labute approximate surface area is 164 Å². The number of nitrogens with one attached hydrogen (secondary N) is 1. The van der Waals surface area contributed by atoms with Gasteiger partial charge in [-0.25, -0.2) is 4.39 Å². The van der Waals surface area contributed by atoms with Crippen LogP contribution in [0.15, 0.2) is 76.1 Å². The molecule has 0 radical (unpaired) electrons. The average molecular weight is 429 g/mol. The molecular formula is C21H18BrFN2O2. The van der Waals surface area contributed by atoms with Crippen molar-refractivity contribution in [2.45, 2.75) is 19.4 Å². The number of hydrogen-bond donors (Lipinski definition) is 1. The SMILES string of the molecule is O=C(CCc1ccc(Br)cc1F)Nc1ccc(Cn2ccccc2=O)cc1. The van der Waals surface area contributed by atoms with E-state index in [9.17, 15) is 14.0 Å². The third-order valence-corrected chi connectivity index (χ3v) is 4.62. The molecule has 6 heteroatoms. The van der Waals surface area contributed by atoms with Gasteiger partial charge in [0.05, 0.1) is 6.54 Å². The van der Waals surface area contributed by atoms with Crippen LogP contribution in [0.3, 0.4) is 0 Å². The molecule has 1 heterocycles. The second kappa shape index (κ2) is 8.77. The molecule has 0 atom stereocenters. The molecule has 0 aliphatic rings. The van der Waals surface area contributed by atoms with E-state index >= 15 is 0 Å². The summed E-state index contributed by atoms with van der Waals surface area (Å²) in [4.78, 5) is 23.8. The van der Waals surface area contributed by atoms with E-state index in [0.717, 1.165) is 5.56 Å². The van der Waals surface area contributed by atoms with Gasteiger partial charge in [0.1, 0.15) is 5.82 Å². The number of amides is 1. The van der Waals surface area contributed by atoms with Gasteiger partial charge < -0.3 is 9.88 Å². The van der Waals surface area contributed by atoms with E-state index < -0.39 is 0 Å². The first-order chi connectivity index (χ1) is 13.0. The number of nitrogens with zero attached hydrogens (tertiary/aromatic N) is 1. The van der Waals surface area contributed by atoms with Crippen LogP contribution < -0.4 is 10.9 Å².